The fraction of sp³-hybridized carbons (Fsp3) is 0.875. The van der Waals surface area contributed by atoms with Gasteiger partial charge in [-0.3, -0.25) is 4.79 Å². The molecule has 3 aliphatic carbocycles. The van der Waals surface area contributed by atoms with Gasteiger partial charge in [0.25, 0.3) is 0 Å². The molecular formula is C8H12O3. The van der Waals surface area contributed by atoms with Crippen molar-refractivity contribution in [3.63, 3.8) is 0 Å². The fourth-order valence-corrected chi connectivity index (χ4v) is 2.35. The molecule has 0 heterocycles. The van der Waals surface area contributed by atoms with E-state index in [0.29, 0.717) is 19.3 Å². The van der Waals surface area contributed by atoms with Crippen molar-refractivity contribution in [1.82, 2.24) is 0 Å². The monoisotopic (exact) mass is 156 g/mol. The zero-order chi connectivity index (χ0) is 8.01. The molecule has 3 fully saturated rings. The van der Waals surface area contributed by atoms with Crippen LogP contribution in [0.2, 0.25) is 0 Å². The van der Waals surface area contributed by atoms with Crippen LogP contribution in [0.15, 0.2) is 0 Å². The Bertz CT molecular complexity index is 178. The third-order valence-electron chi connectivity index (χ3n) is 2.84. The van der Waals surface area contributed by atoms with Gasteiger partial charge in [0.15, 0.2) is 0 Å². The van der Waals surface area contributed by atoms with Gasteiger partial charge >= 0.3 is 0 Å². The summed E-state index contributed by atoms with van der Waals surface area (Å²) in [7, 11) is 0. The molecule has 0 aliphatic heterocycles. The van der Waals surface area contributed by atoms with Gasteiger partial charge in [-0.1, -0.05) is 0 Å². The molecule has 0 amide bonds. The summed E-state index contributed by atoms with van der Waals surface area (Å²) in [4.78, 5) is 11.2. The van der Waals surface area contributed by atoms with E-state index in [1.54, 1.807) is 0 Å². The maximum absolute atomic E-state index is 11.2. The van der Waals surface area contributed by atoms with E-state index >= 15 is 0 Å². The largest absolute Gasteiger partial charge is 0.392 e. The first-order chi connectivity index (χ1) is 5.18. The highest BCUT2D eigenvalue weighted by molar-refractivity contribution is 5.84. The number of Topliss-reactive ketones (excluding diaryl/α,β-unsaturated/α-hetero) is 1. The van der Waals surface area contributed by atoms with Gasteiger partial charge in [0.05, 0.1) is 18.1 Å². The highest BCUT2D eigenvalue weighted by Gasteiger charge is 2.45. The van der Waals surface area contributed by atoms with Crippen molar-refractivity contribution in [3.05, 3.63) is 0 Å². The zero-order valence-corrected chi connectivity index (χ0v) is 6.23. The molecule has 2 bridgehead atoms. The molecule has 3 heteroatoms. The Morgan fingerprint density at radius 1 is 1.18 bits per heavy atom. The van der Waals surface area contributed by atoms with Crippen LogP contribution in [-0.2, 0) is 4.79 Å². The molecule has 0 unspecified atom stereocenters. The highest BCUT2D eigenvalue weighted by atomic mass is 16.3. The molecule has 0 saturated heterocycles. The van der Waals surface area contributed by atoms with E-state index in [-0.39, 0.29) is 11.7 Å². The minimum atomic E-state index is -0.579. The topological polar surface area (TPSA) is 57.5 Å². The average molecular weight is 156 g/mol. The Morgan fingerprint density at radius 2 is 1.73 bits per heavy atom. The van der Waals surface area contributed by atoms with Gasteiger partial charge in [-0.25, -0.2) is 0 Å². The molecule has 0 spiro atoms. The number of carbonyl (C=O) groups excluding carboxylic acids is 1. The molecule has 0 radical (unpaired) electrons. The third kappa shape index (κ3) is 0.993. The number of carbonyl (C=O) groups is 1. The van der Waals surface area contributed by atoms with Crippen LogP contribution in [0.25, 0.3) is 0 Å². The van der Waals surface area contributed by atoms with E-state index in [4.69, 9.17) is 0 Å². The lowest BCUT2D eigenvalue weighted by atomic mass is 9.67. The molecule has 11 heavy (non-hydrogen) atoms. The molecular weight excluding hydrogens is 144 g/mol. The van der Waals surface area contributed by atoms with E-state index in [1.807, 2.05) is 0 Å². The number of aliphatic hydroxyl groups is 2. The number of rotatable bonds is 0. The smallest absolute Gasteiger partial charge is 0.141 e. The summed E-state index contributed by atoms with van der Waals surface area (Å²) in [6.45, 7) is 0. The van der Waals surface area contributed by atoms with E-state index < -0.39 is 18.1 Å². The number of hydrogen-bond acceptors (Lipinski definition) is 3. The maximum atomic E-state index is 11.2. The number of fused-ring (bicyclic) bond motifs is 3. The van der Waals surface area contributed by atoms with Crippen molar-refractivity contribution in [3.8, 4) is 0 Å². The quantitative estimate of drug-likeness (QED) is 0.506. The van der Waals surface area contributed by atoms with Gasteiger partial charge in [0.2, 0.25) is 0 Å². The first-order valence-electron chi connectivity index (χ1n) is 4.07. The minimum absolute atomic E-state index is 0.0486. The number of aliphatic hydroxyl groups excluding tert-OH is 2. The summed E-state index contributed by atoms with van der Waals surface area (Å²) < 4.78 is 0. The number of ketones is 1. The Morgan fingerprint density at radius 3 is 2.00 bits per heavy atom. The van der Waals surface area contributed by atoms with Crippen molar-refractivity contribution in [2.75, 3.05) is 0 Å². The zero-order valence-electron chi connectivity index (χ0n) is 6.23. The molecule has 62 valence electrons. The second kappa shape index (κ2) is 2.29. The van der Waals surface area contributed by atoms with E-state index in [2.05, 4.69) is 0 Å². The van der Waals surface area contributed by atoms with Gasteiger partial charge in [-0.15, -0.1) is 0 Å². The van der Waals surface area contributed by atoms with Gasteiger partial charge in [-0.05, 0) is 18.8 Å². The van der Waals surface area contributed by atoms with E-state index in [0.717, 1.165) is 0 Å². The Hall–Kier alpha value is -0.410. The lowest BCUT2D eigenvalue weighted by Gasteiger charge is -2.41. The SMILES string of the molecule is O=C1CC2C[C@@H](O)C1[C@H](O)C2. The van der Waals surface area contributed by atoms with Crippen LogP contribution in [0.3, 0.4) is 0 Å². The average Bonchev–Trinajstić information content (AvgIpc) is 1.82. The standard InChI is InChI=1S/C8H12O3/c9-5-1-4-2-6(10)8(5)7(11)3-4/h4-6,8-10H,1-3H2/t4?,5-,6-,8?/m1/s1. The predicted molar refractivity (Wildman–Crippen MR) is 37.9 cm³/mol. The second-order valence-corrected chi connectivity index (χ2v) is 3.67. The van der Waals surface area contributed by atoms with Crippen molar-refractivity contribution in [2.45, 2.75) is 31.5 Å². The first kappa shape index (κ1) is 7.25. The van der Waals surface area contributed by atoms with E-state index in [9.17, 15) is 15.0 Å². The second-order valence-electron chi connectivity index (χ2n) is 3.67. The third-order valence-corrected chi connectivity index (χ3v) is 2.84. The Balaban J connectivity index is 2.23. The summed E-state index contributed by atoms with van der Waals surface area (Å²) in [5.74, 6) is -0.190. The molecule has 0 aromatic heterocycles. The van der Waals surface area contributed by atoms with Crippen LogP contribution >= 0.6 is 0 Å². The van der Waals surface area contributed by atoms with E-state index in [1.165, 1.54) is 0 Å². The predicted octanol–water partition coefficient (Wildman–Crippen LogP) is -0.293. The molecule has 3 nitrogen and oxygen atoms in total. The lowest BCUT2D eigenvalue weighted by Crippen LogP contribution is -2.50. The molecule has 2 N–H and O–H groups in total. The summed E-state index contributed by atoms with van der Waals surface area (Å²) in [6, 6.07) is 0. The van der Waals surface area contributed by atoms with Crippen molar-refractivity contribution >= 4 is 5.78 Å². The Labute approximate surface area is 65.0 Å². The maximum Gasteiger partial charge on any atom is 0.141 e. The van der Waals surface area contributed by atoms with Crippen LogP contribution in [0.1, 0.15) is 19.3 Å². The molecule has 0 aromatic rings. The summed E-state index contributed by atoms with van der Waals surface area (Å²) in [5.41, 5.74) is 0. The summed E-state index contributed by atoms with van der Waals surface area (Å²) in [5, 5.41) is 18.7. The van der Waals surface area contributed by atoms with Crippen LogP contribution < -0.4 is 0 Å². The molecule has 3 rings (SSSR count). The minimum Gasteiger partial charge on any atom is -0.392 e. The highest BCUT2D eigenvalue weighted by Crippen LogP contribution is 2.39. The summed E-state index contributed by atoms with van der Waals surface area (Å²) >= 11 is 0. The first-order valence-corrected chi connectivity index (χ1v) is 4.07. The fourth-order valence-electron chi connectivity index (χ4n) is 2.35. The van der Waals surface area contributed by atoms with Crippen LogP contribution in [0.5, 0.6) is 0 Å². The van der Waals surface area contributed by atoms with Crippen molar-refractivity contribution < 1.29 is 15.0 Å². The van der Waals surface area contributed by atoms with Gasteiger partial charge < -0.3 is 10.2 Å². The Kier molecular flexibility index (Phi) is 1.51. The van der Waals surface area contributed by atoms with Crippen molar-refractivity contribution in [1.29, 1.82) is 0 Å². The molecule has 3 saturated carbocycles. The van der Waals surface area contributed by atoms with Gasteiger partial charge in [0, 0.05) is 6.42 Å². The number of hydrogen-bond donors (Lipinski definition) is 2. The van der Waals surface area contributed by atoms with Crippen LogP contribution in [0, 0.1) is 11.8 Å². The lowest BCUT2D eigenvalue weighted by molar-refractivity contribution is -0.148. The normalized spacial score (nSPS) is 49.8. The van der Waals surface area contributed by atoms with Crippen LogP contribution in [-0.4, -0.2) is 28.2 Å². The van der Waals surface area contributed by atoms with Crippen molar-refractivity contribution in [2.24, 2.45) is 11.8 Å². The molecule has 2 atom stereocenters. The molecule has 0 aromatic carbocycles. The van der Waals surface area contributed by atoms with Gasteiger partial charge in [0.1, 0.15) is 5.78 Å². The van der Waals surface area contributed by atoms with Gasteiger partial charge in [-0.2, -0.15) is 0 Å². The summed E-state index contributed by atoms with van der Waals surface area (Å²) in [6.07, 6.45) is 0.815. The van der Waals surface area contributed by atoms with Crippen LogP contribution in [0.4, 0.5) is 0 Å². The molecule has 3 aliphatic rings.